The van der Waals surface area contributed by atoms with Crippen molar-refractivity contribution in [3.8, 4) is 22.8 Å². The maximum Gasteiger partial charge on any atom is 0.265 e. The third-order valence-electron chi connectivity index (χ3n) is 6.20. The Morgan fingerprint density at radius 2 is 1.82 bits per heavy atom. The Morgan fingerprint density at radius 3 is 2.61 bits per heavy atom. The molecule has 5 aromatic rings. The molecule has 3 N–H and O–H groups in total. The minimum Gasteiger partial charge on any atom is -0.507 e. The van der Waals surface area contributed by atoms with Crippen molar-refractivity contribution in [3.05, 3.63) is 102 Å². The van der Waals surface area contributed by atoms with Crippen molar-refractivity contribution in [2.24, 2.45) is 0 Å². The summed E-state index contributed by atoms with van der Waals surface area (Å²) in [6.07, 6.45) is 1.95. The number of nitrogens with zero attached hydrogens (tertiary/aromatic N) is 3. The van der Waals surface area contributed by atoms with Crippen molar-refractivity contribution < 1.29 is 14.6 Å². The fourth-order valence-corrected chi connectivity index (χ4v) is 4.16. The molecule has 0 bridgehead atoms. The summed E-state index contributed by atoms with van der Waals surface area (Å²) >= 11 is 0. The van der Waals surface area contributed by atoms with E-state index in [1.807, 2.05) is 79.0 Å². The van der Waals surface area contributed by atoms with Gasteiger partial charge in [0.25, 0.3) is 5.91 Å². The summed E-state index contributed by atoms with van der Waals surface area (Å²) in [6, 6.07) is 25.9. The Morgan fingerprint density at radius 1 is 1.03 bits per heavy atom. The lowest BCUT2D eigenvalue weighted by molar-refractivity contribution is -0.122. The van der Waals surface area contributed by atoms with E-state index in [1.165, 1.54) is 0 Å². The van der Waals surface area contributed by atoms with Crippen LogP contribution in [-0.4, -0.2) is 31.7 Å². The van der Waals surface area contributed by atoms with E-state index in [0.29, 0.717) is 29.2 Å². The topological polar surface area (TPSA) is 101 Å². The van der Waals surface area contributed by atoms with Crippen molar-refractivity contribution in [2.75, 3.05) is 10.6 Å². The number of amides is 1. The number of benzene rings is 3. The number of aromatic nitrogens is 3. The molecule has 192 valence electrons. The van der Waals surface area contributed by atoms with Crippen molar-refractivity contribution in [1.29, 1.82) is 0 Å². The molecule has 38 heavy (non-hydrogen) atoms. The van der Waals surface area contributed by atoms with Crippen LogP contribution in [0, 0.1) is 0 Å². The number of ether oxygens (including phenoxy) is 1. The van der Waals surface area contributed by atoms with Crippen molar-refractivity contribution in [2.45, 2.75) is 32.9 Å². The average Bonchev–Trinajstić information content (AvgIpc) is 3.36. The zero-order valence-electron chi connectivity index (χ0n) is 21.3. The molecule has 0 aliphatic heterocycles. The molecule has 3 aromatic carbocycles. The molecule has 1 amide bonds. The number of phenols is 1. The summed E-state index contributed by atoms with van der Waals surface area (Å²) in [4.78, 5) is 17.5. The molecular formula is C30H29N5O3. The minimum absolute atomic E-state index is 0.168. The van der Waals surface area contributed by atoms with Gasteiger partial charge in [0.05, 0.1) is 11.9 Å². The van der Waals surface area contributed by atoms with E-state index in [-0.39, 0.29) is 11.7 Å². The molecule has 8 heteroatoms. The predicted molar refractivity (Wildman–Crippen MR) is 148 cm³/mol. The van der Waals surface area contributed by atoms with Crippen LogP contribution < -0.4 is 15.4 Å². The summed E-state index contributed by atoms with van der Waals surface area (Å²) in [7, 11) is 0. The van der Waals surface area contributed by atoms with Gasteiger partial charge in [-0.1, -0.05) is 49.4 Å². The van der Waals surface area contributed by atoms with Gasteiger partial charge in [-0.15, -0.1) is 0 Å². The van der Waals surface area contributed by atoms with Crippen LogP contribution in [-0.2, 0) is 17.8 Å². The van der Waals surface area contributed by atoms with Gasteiger partial charge in [0.2, 0.25) is 0 Å². The standard InChI is InChI=1S/C30H29N5O3/c1-3-22-19-32-35-28(17-26(34-29(22)35)25-14-7-8-15-27(25)36)31-18-21-10-9-11-23(16-21)33-30(37)20(2)38-24-12-5-4-6-13-24/h4-17,19-20,31,36H,3,18H2,1-2H3,(H,33,37). The molecule has 2 aromatic heterocycles. The van der Waals surface area contributed by atoms with Gasteiger partial charge in [0.1, 0.15) is 17.3 Å². The number of nitrogens with one attached hydrogen (secondary N) is 2. The molecule has 1 unspecified atom stereocenters. The fourth-order valence-electron chi connectivity index (χ4n) is 4.16. The first-order valence-electron chi connectivity index (χ1n) is 12.5. The van der Waals surface area contributed by atoms with Gasteiger partial charge in [-0.3, -0.25) is 4.79 Å². The van der Waals surface area contributed by atoms with Crippen LogP contribution in [0.2, 0.25) is 0 Å². The number of aryl methyl sites for hydroxylation is 1. The highest BCUT2D eigenvalue weighted by Gasteiger charge is 2.16. The summed E-state index contributed by atoms with van der Waals surface area (Å²) < 4.78 is 7.51. The maximum absolute atomic E-state index is 12.7. The van der Waals surface area contributed by atoms with Crippen LogP contribution in [0.4, 0.5) is 11.5 Å². The Balaban J connectivity index is 1.33. The monoisotopic (exact) mass is 507 g/mol. The Hall–Kier alpha value is -4.85. The second-order valence-electron chi connectivity index (χ2n) is 8.92. The number of carbonyl (C=O) groups excluding carboxylic acids is 1. The number of aromatic hydroxyl groups is 1. The molecule has 0 aliphatic rings. The Labute approximate surface area is 220 Å². The number of anilines is 2. The second-order valence-corrected chi connectivity index (χ2v) is 8.92. The summed E-state index contributed by atoms with van der Waals surface area (Å²) in [5.41, 5.74) is 4.71. The highest BCUT2D eigenvalue weighted by atomic mass is 16.5. The fraction of sp³-hybridized carbons (Fsp3) is 0.167. The number of carbonyl (C=O) groups is 1. The number of hydrogen-bond donors (Lipinski definition) is 3. The van der Waals surface area contributed by atoms with Crippen LogP contribution in [0.15, 0.2) is 91.1 Å². The molecule has 0 saturated carbocycles. The second kappa shape index (κ2) is 11.0. The van der Waals surface area contributed by atoms with E-state index in [1.54, 1.807) is 23.6 Å². The van der Waals surface area contributed by atoms with Crippen molar-refractivity contribution in [3.63, 3.8) is 0 Å². The number of hydrogen-bond acceptors (Lipinski definition) is 6. The van der Waals surface area contributed by atoms with Crippen LogP contribution in [0.1, 0.15) is 25.0 Å². The van der Waals surface area contributed by atoms with Gasteiger partial charge < -0.3 is 20.5 Å². The lowest BCUT2D eigenvalue weighted by atomic mass is 10.1. The number of para-hydroxylation sites is 2. The first-order chi connectivity index (χ1) is 18.5. The maximum atomic E-state index is 12.7. The van der Waals surface area contributed by atoms with Crippen LogP contribution in [0.5, 0.6) is 11.5 Å². The lowest BCUT2D eigenvalue weighted by Crippen LogP contribution is -2.30. The van der Waals surface area contributed by atoms with E-state index in [2.05, 4.69) is 22.7 Å². The van der Waals surface area contributed by atoms with E-state index in [4.69, 9.17) is 9.72 Å². The minimum atomic E-state index is -0.648. The molecule has 0 saturated heterocycles. The molecule has 0 aliphatic carbocycles. The SMILES string of the molecule is CCc1cnn2c(NCc3cccc(NC(=O)C(C)Oc4ccccc4)c3)cc(-c3ccccc3O)nc12. The van der Waals surface area contributed by atoms with E-state index >= 15 is 0 Å². The first-order valence-corrected chi connectivity index (χ1v) is 12.5. The molecule has 2 heterocycles. The largest absolute Gasteiger partial charge is 0.507 e. The summed E-state index contributed by atoms with van der Waals surface area (Å²) in [5, 5.41) is 21.3. The van der Waals surface area contributed by atoms with Gasteiger partial charge in [0.15, 0.2) is 11.8 Å². The summed E-state index contributed by atoms with van der Waals surface area (Å²) in [5.74, 6) is 1.32. The van der Waals surface area contributed by atoms with Crippen molar-refractivity contribution >= 4 is 23.1 Å². The Kier molecular flexibility index (Phi) is 7.21. The quantitative estimate of drug-likeness (QED) is 0.237. The molecular weight excluding hydrogens is 478 g/mol. The predicted octanol–water partition coefficient (Wildman–Crippen LogP) is 5.68. The number of fused-ring (bicyclic) bond motifs is 1. The van der Waals surface area contributed by atoms with E-state index in [0.717, 1.165) is 29.0 Å². The number of rotatable bonds is 9. The zero-order chi connectivity index (χ0) is 26.5. The van der Waals surface area contributed by atoms with Crippen molar-refractivity contribution in [1.82, 2.24) is 14.6 Å². The van der Waals surface area contributed by atoms with Crippen LogP contribution in [0.25, 0.3) is 16.9 Å². The van der Waals surface area contributed by atoms with Gasteiger partial charge in [-0.2, -0.15) is 9.61 Å². The average molecular weight is 508 g/mol. The zero-order valence-corrected chi connectivity index (χ0v) is 21.3. The molecule has 0 radical (unpaired) electrons. The van der Waals surface area contributed by atoms with Crippen LogP contribution in [0.3, 0.4) is 0 Å². The Bertz CT molecular complexity index is 1570. The van der Waals surface area contributed by atoms with E-state index < -0.39 is 6.10 Å². The smallest absolute Gasteiger partial charge is 0.265 e. The van der Waals surface area contributed by atoms with Gasteiger partial charge >= 0.3 is 0 Å². The lowest BCUT2D eigenvalue weighted by Gasteiger charge is -2.15. The molecule has 0 fully saturated rings. The highest BCUT2D eigenvalue weighted by Crippen LogP contribution is 2.30. The van der Waals surface area contributed by atoms with Gasteiger partial charge in [0, 0.05) is 29.4 Å². The molecule has 0 spiro atoms. The van der Waals surface area contributed by atoms with E-state index in [9.17, 15) is 9.90 Å². The first kappa shape index (κ1) is 24.8. The third-order valence-corrected chi connectivity index (χ3v) is 6.20. The van der Waals surface area contributed by atoms with Gasteiger partial charge in [-0.25, -0.2) is 4.98 Å². The third kappa shape index (κ3) is 5.44. The highest BCUT2D eigenvalue weighted by molar-refractivity contribution is 5.94. The normalized spacial score (nSPS) is 11.7. The molecule has 1 atom stereocenters. The summed E-state index contributed by atoms with van der Waals surface area (Å²) in [6.45, 7) is 4.27. The van der Waals surface area contributed by atoms with Gasteiger partial charge in [-0.05, 0) is 55.3 Å². The molecule has 8 nitrogen and oxygen atoms in total. The molecule has 5 rings (SSSR count). The number of phenolic OH excluding ortho intramolecular Hbond substituents is 1. The van der Waals surface area contributed by atoms with Crippen LogP contribution >= 0.6 is 0 Å².